The van der Waals surface area contributed by atoms with Gasteiger partial charge in [-0.1, -0.05) is 52.7 Å². The van der Waals surface area contributed by atoms with E-state index in [9.17, 15) is 91.6 Å². The molecule has 0 aromatic carbocycles. The van der Waals surface area contributed by atoms with Crippen molar-refractivity contribution in [1.29, 1.82) is 0 Å². The minimum absolute atomic E-state index is 0.0350. The number of ketones is 1. The minimum atomic E-state index is -2.06. The van der Waals surface area contributed by atoms with E-state index in [0.717, 1.165) is 6.42 Å². The third-order valence-corrected chi connectivity index (χ3v) is 24.0. The normalized spacial score (nSPS) is 55.1. The van der Waals surface area contributed by atoms with Crippen LogP contribution in [0.3, 0.4) is 0 Å². The number of rotatable bonds is 18. The van der Waals surface area contributed by atoms with Gasteiger partial charge in [0.05, 0.1) is 63.6 Å². The van der Waals surface area contributed by atoms with Gasteiger partial charge < -0.3 is 148 Å². The maximum Gasteiger partial charge on any atom is 0.187 e. The molecule has 0 unspecified atom stereocenters. The lowest BCUT2D eigenvalue weighted by molar-refractivity contribution is -0.407. The van der Waals surface area contributed by atoms with Crippen molar-refractivity contribution in [3.63, 3.8) is 0 Å². The molecule has 0 aromatic heterocycles. The first-order valence-electron chi connectivity index (χ1n) is 32.9. The van der Waals surface area contributed by atoms with Gasteiger partial charge in [0, 0.05) is 29.1 Å². The summed E-state index contributed by atoms with van der Waals surface area (Å²) in [6, 6.07) is 0. The van der Waals surface area contributed by atoms with Crippen molar-refractivity contribution in [2.75, 3.05) is 39.6 Å². The lowest BCUT2D eigenvalue weighted by Gasteiger charge is -2.63. The summed E-state index contributed by atoms with van der Waals surface area (Å²) >= 11 is 0. The second-order valence-corrected chi connectivity index (χ2v) is 28.9. The monoisotopic (exact) mass is 1340 g/mol. The molecule has 11 rings (SSSR count). The fourth-order valence-corrected chi connectivity index (χ4v) is 18.1. The molecule has 0 aromatic rings. The van der Waals surface area contributed by atoms with Gasteiger partial charge in [0.2, 0.25) is 0 Å². The molecule has 0 bridgehead atoms. The van der Waals surface area contributed by atoms with Crippen molar-refractivity contribution < 1.29 is 153 Å². The van der Waals surface area contributed by atoms with Crippen molar-refractivity contribution in [3.8, 4) is 0 Å². The van der Waals surface area contributed by atoms with Gasteiger partial charge in [0.1, 0.15) is 128 Å². The van der Waals surface area contributed by atoms with Crippen LogP contribution >= 0.6 is 0 Å². The van der Waals surface area contributed by atoms with Gasteiger partial charge in [-0.25, -0.2) is 0 Å². The van der Waals surface area contributed by atoms with E-state index in [0.29, 0.717) is 51.4 Å². The van der Waals surface area contributed by atoms with Gasteiger partial charge in [0.25, 0.3) is 0 Å². The van der Waals surface area contributed by atoms with E-state index in [1.165, 1.54) is 18.1 Å². The molecule has 7 heterocycles. The number of carbonyl (C=O) groups excluding carboxylic acids is 1. The number of allylic oxidation sites excluding steroid dienone is 1. The number of hydrogen-bond acceptors (Lipinski definition) is 31. The molecule has 2 saturated carbocycles. The van der Waals surface area contributed by atoms with Crippen LogP contribution in [0.2, 0.25) is 0 Å². The molecule has 0 amide bonds. The molecule has 31 nitrogen and oxygen atoms in total. The van der Waals surface area contributed by atoms with Gasteiger partial charge in [-0.15, -0.1) is 0 Å². The SMILES string of the molecule is CCC(=O)[C@@H]1C[C@@H](C)[C@]2(C[C@@H](O)[C@@]3(C)C4=C(CC[C@]23C)[C@@]2(C)CC[C@H](O[C@@H]3O[C@H](CO[C@@H]5OC[C@H](O)[C@H](O)[C@H]5O[C@@H]5O[C@H](CO)[C@@H](O)[C@H](O[C@@H]6OC[C@@H](O)[C@H](O)[C@H]6O[C@@H]6O[C@@H](CO)[C@H](O)[C@H]6O)[C@H]5O[C@@H]5O[C@@H](C)[C@H](O)[C@@H](O)[C@H]5O)[C@@H](O)[C@H](O)[C@H]3O)[C@](C)(CO)[C@@H]2CC4)O1. The van der Waals surface area contributed by atoms with Crippen LogP contribution in [-0.2, 0) is 66.4 Å². The van der Waals surface area contributed by atoms with Crippen molar-refractivity contribution in [2.24, 2.45) is 33.5 Å². The molecule has 9 fully saturated rings. The Morgan fingerprint density at radius 1 is 0.538 bits per heavy atom. The van der Waals surface area contributed by atoms with E-state index in [4.69, 9.17) is 61.6 Å². The summed E-state index contributed by atoms with van der Waals surface area (Å²) in [5.41, 5.74) is -0.864. The molecular weight excluding hydrogens is 1240 g/mol. The van der Waals surface area contributed by atoms with Crippen LogP contribution in [0.15, 0.2) is 11.1 Å². The quantitative estimate of drug-likeness (QED) is 0.0569. The van der Waals surface area contributed by atoms with Crippen molar-refractivity contribution in [1.82, 2.24) is 0 Å². The summed E-state index contributed by atoms with van der Waals surface area (Å²) in [4.78, 5) is 13.1. The van der Waals surface area contributed by atoms with E-state index in [1.54, 1.807) is 0 Å². The van der Waals surface area contributed by atoms with Gasteiger partial charge in [-0.2, -0.15) is 0 Å². The zero-order chi connectivity index (χ0) is 67.5. The minimum Gasteiger partial charge on any atom is -0.396 e. The molecule has 93 heavy (non-hydrogen) atoms. The predicted molar refractivity (Wildman–Crippen MR) is 307 cm³/mol. The molecule has 4 aliphatic carbocycles. The Hall–Kier alpha value is -1.79. The zero-order valence-corrected chi connectivity index (χ0v) is 53.4. The first-order chi connectivity index (χ1) is 43.9. The van der Waals surface area contributed by atoms with Crippen LogP contribution in [0.4, 0.5) is 0 Å². The lowest BCUT2D eigenvalue weighted by atomic mass is 9.42. The second-order valence-electron chi connectivity index (χ2n) is 28.9. The number of fused-ring (bicyclic) bond motifs is 5. The van der Waals surface area contributed by atoms with Crippen LogP contribution in [0.1, 0.15) is 106 Å². The number of hydrogen-bond donors (Lipinski definition) is 17. The zero-order valence-electron chi connectivity index (χ0n) is 53.4. The molecule has 7 saturated heterocycles. The fraction of sp³-hybridized carbons (Fsp3) is 0.952. The Morgan fingerprint density at radius 3 is 1.71 bits per heavy atom. The Labute approximate surface area is 537 Å². The van der Waals surface area contributed by atoms with E-state index in [2.05, 4.69) is 27.7 Å². The van der Waals surface area contributed by atoms with Gasteiger partial charge in [-0.05, 0) is 69.1 Å². The van der Waals surface area contributed by atoms with Crippen LogP contribution in [0, 0.1) is 33.5 Å². The first-order valence-corrected chi connectivity index (χ1v) is 32.9. The summed E-state index contributed by atoms with van der Waals surface area (Å²) in [6.07, 6.45) is -45.7. The van der Waals surface area contributed by atoms with Crippen molar-refractivity contribution >= 4 is 5.78 Å². The summed E-state index contributed by atoms with van der Waals surface area (Å²) in [6.45, 7) is 9.77. The van der Waals surface area contributed by atoms with Gasteiger partial charge >= 0.3 is 0 Å². The highest BCUT2D eigenvalue weighted by Crippen LogP contribution is 2.75. The highest BCUT2D eigenvalue weighted by atomic mass is 16.8. The Balaban J connectivity index is 0.814. The van der Waals surface area contributed by atoms with E-state index in [-0.39, 0.29) is 24.2 Å². The third kappa shape index (κ3) is 12.1. The maximum absolute atomic E-state index is 13.1. The molecular formula is C62H100O31. The Morgan fingerprint density at radius 2 is 1.08 bits per heavy atom. The fourth-order valence-electron chi connectivity index (χ4n) is 18.1. The first kappa shape index (κ1) is 72.5. The second kappa shape index (κ2) is 27.6. The van der Waals surface area contributed by atoms with Crippen LogP contribution in [-0.4, -0.2) is 322 Å². The third-order valence-electron chi connectivity index (χ3n) is 24.0. The Kier molecular flexibility index (Phi) is 21.5. The lowest BCUT2D eigenvalue weighted by Crippen LogP contribution is -2.68. The van der Waals surface area contributed by atoms with Crippen molar-refractivity contribution in [3.05, 3.63) is 11.1 Å². The summed E-state index contributed by atoms with van der Waals surface area (Å²) < 4.78 is 79.4. The van der Waals surface area contributed by atoms with Gasteiger partial charge in [-0.3, -0.25) is 4.79 Å². The molecule has 31 heteroatoms. The predicted octanol–water partition coefficient (Wildman–Crippen LogP) is -5.54. The highest BCUT2D eigenvalue weighted by Gasteiger charge is 2.75. The summed E-state index contributed by atoms with van der Waals surface area (Å²) in [7, 11) is 0. The van der Waals surface area contributed by atoms with E-state index in [1.807, 2.05) is 13.8 Å². The molecule has 17 N–H and O–H groups in total. The summed E-state index contributed by atoms with van der Waals surface area (Å²) in [5.74, 6) is -0.0881. The van der Waals surface area contributed by atoms with Crippen LogP contribution in [0.5, 0.6) is 0 Å². The van der Waals surface area contributed by atoms with Gasteiger partial charge in [0.15, 0.2) is 43.5 Å². The number of ether oxygens (including phenoxy) is 13. The topological polar surface area (TPSA) is 481 Å². The molecule has 37 atom stereocenters. The average Bonchev–Trinajstić information content (AvgIpc) is 1.55. The molecule has 534 valence electrons. The molecule has 1 spiro atoms. The number of carbonyl (C=O) groups is 1. The van der Waals surface area contributed by atoms with E-state index < -0.39 is 245 Å². The molecule has 11 aliphatic rings. The smallest absolute Gasteiger partial charge is 0.187 e. The highest BCUT2D eigenvalue weighted by molar-refractivity contribution is 5.83. The molecule has 0 radical (unpaired) electrons. The van der Waals surface area contributed by atoms with Crippen LogP contribution in [0.25, 0.3) is 0 Å². The van der Waals surface area contributed by atoms with Crippen molar-refractivity contribution in [2.45, 2.75) is 296 Å². The maximum atomic E-state index is 13.1. The largest absolute Gasteiger partial charge is 0.396 e. The number of aliphatic hydroxyl groups is 17. The standard InChI is InChI=1S/C62H100O31/c1-8-27(66)30-15-23(2)62(93-30)16-35(69)61(7)26-9-10-34-58(4,25(26)11-14-60(61,62)6)13-12-36(59(34,5)22-65)88-53-47(80)44(77)41(74)33(87-53)21-83-55-49(38(71)28(67)19-81-55)91-57-51(92-52-46(79)43(76)37(70)24(3)84-52)48(42(75)32(18-64)86-57)89-56-50(39(72)29(68)20-82-56)90-54-45(78)40(73)31(17-63)85-54/h23-24,28-57,63-65,67-80H,8-22H2,1-7H3/t23-,24+,28+,29-,30+,31+,32-,33-,34-,35-,36+,37+,38+,39+,40+,41-,42-,43-,44+,45-,46-,47-,48+,49-,50-,51-,52+,53+,54+,55+,56+,57+,58-,59-,60+,61-,62+/m1/s1. The number of Topliss-reactive ketones (excluding diaryl/α,β-unsaturated/α-hetero) is 1. The molecule has 7 aliphatic heterocycles. The average molecular weight is 1340 g/mol. The number of aliphatic hydroxyl groups excluding tert-OH is 17. The Bertz CT molecular complexity index is 2610. The summed E-state index contributed by atoms with van der Waals surface area (Å²) in [5, 5.41) is 189. The van der Waals surface area contributed by atoms with E-state index >= 15 is 0 Å². The van der Waals surface area contributed by atoms with Crippen LogP contribution < -0.4 is 0 Å².